The van der Waals surface area contributed by atoms with Crippen molar-refractivity contribution in [2.45, 2.75) is 6.92 Å². The Kier molecular flexibility index (Phi) is 5.31. The molecule has 0 aliphatic carbocycles. The van der Waals surface area contributed by atoms with Crippen LogP contribution in [0.2, 0.25) is 0 Å². The molecule has 0 heterocycles. The summed E-state index contributed by atoms with van der Waals surface area (Å²) < 4.78 is 23.7. The van der Waals surface area contributed by atoms with Crippen LogP contribution in [0.4, 0.5) is 4.39 Å². The Labute approximate surface area is 129 Å². The number of methoxy groups -OCH3 is 1. The van der Waals surface area contributed by atoms with E-state index in [1.165, 1.54) is 18.2 Å². The maximum absolute atomic E-state index is 13.8. The van der Waals surface area contributed by atoms with E-state index in [-0.39, 0.29) is 6.61 Å². The second-order valence-electron chi connectivity index (χ2n) is 4.55. The van der Waals surface area contributed by atoms with Crippen LogP contribution >= 0.6 is 0 Å². The molecular weight excluding hydrogens is 283 g/mol. The van der Waals surface area contributed by atoms with E-state index in [1.807, 2.05) is 24.3 Å². The van der Waals surface area contributed by atoms with Gasteiger partial charge in [0.05, 0.1) is 13.7 Å². The highest BCUT2D eigenvalue weighted by Gasteiger charge is 2.04. The lowest BCUT2D eigenvalue weighted by Crippen LogP contribution is -1.98. The van der Waals surface area contributed by atoms with Crippen molar-refractivity contribution in [3.63, 3.8) is 0 Å². The van der Waals surface area contributed by atoms with Crippen LogP contribution in [0.1, 0.15) is 12.5 Å². The van der Waals surface area contributed by atoms with E-state index in [2.05, 4.69) is 0 Å². The molecule has 0 spiro atoms. The predicted octanol–water partition coefficient (Wildman–Crippen LogP) is 4.08. The molecule has 2 aromatic carbocycles. The fourth-order valence-electron chi connectivity index (χ4n) is 1.98. The maximum atomic E-state index is 13.8. The molecule has 0 fully saturated rings. The lowest BCUT2D eigenvalue weighted by molar-refractivity contribution is -0.137. The molecule has 0 saturated carbocycles. The summed E-state index contributed by atoms with van der Waals surface area (Å²) in [6.07, 6.45) is 2.64. The van der Waals surface area contributed by atoms with Crippen LogP contribution in [-0.4, -0.2) is 19.7 Å². The van der Waals surface area contributed by atoms with Crippen molar-refractivity contribution in [1.29, 1.82) is 0 Å². The molecule has 0 bridgehead atoms. The van der Waals surface area contributed by atoms with Crippen LogP contribution in [0.5, 0.6) is 5.75 Å². The van der Waals surface area contributed by atoms with Crippen molar-refractivity contribution in [1.82, 2.24) is 0 Å². The zero-order chi connectivity index (χ0) is 15.9. The predicted molar refractivity (Wildman–Crippen MR) is 84.1 cm³/mol. The molecule has 0 radical (unpaired) electrons. The Morgan fingerprint density at radius 1 is 1.14 bits per heavy atom. The van der Waals surface area contributed by atoms with Crippen LogP contribution in [0.15, 0.2) is 48.5 Å². The summed E-state index contributed by atoms with van der Waals surface area (Å²) in [5.41, 5.74) is 2.13. The average molecular weight is 300 g/mol. The summed E-state index contributed by atoms with van der Waals surface area (Å²) in [6, 6.07) is 12.2. The molecule has 0 saturated heterocycles. The Morgan fingerprint density at radius 2 is 1.82 bits per heavy atom. The Balaban J connectivity index is 2.27. The second kappa shape index (κ2) is 7.41. The first-order valence-corrected chi connectivity index (χ1v) is 6.93. The zero-order valence-corrected chi connectivity index (χ0v) is 12.5. The van der Waals surface area contributed by atoms with Gasteiger partial charge in [0.1, 0.15) is 11.6 Å². The normalized spacial score (nSPS) is 10.7. The quantitative estimate of drug-likeness (QED) is 0.616. The van der Waals surface area contributed by atoms with Crippen LogP contribution in [0.25, 0.3) is 17.2 Å². The van der Waals surface area contributed by atoms with E-state index in [9.17, 15) is 9.18 Å². The van der Waals surface area contributed by atoms with Crippen LogP contribution in [0, 0.1) is 5.82 Å². The highest BCUT2D eigenvalue weighted by molar-refractivity contribution is 5.87. The number of rotatable bonds is 5. The first-order chi connectivity index (χ1) is 10.6. The van der Waals surface area contributed by atoms with Gasteiger partial charge in [0.15, 0.2) is 0 Å². The van der Waals surface area contributed by atoms with Crippen molar-refractivity contribution in [3.8, 4) is 16.9 Å². The molecule has 22 heavy (non-hydrogen) atoms. The van der Waals surface area contributed by atoms with Gasteiger partial charge < -0.3 is 9.47 Å². The summed E-state index contributed by atoms with van der Waals surface area (Å²) >= 11 is 0. The minimum atomic E-state index is -0.489. The van der Waals surface area contributed by atoms with Gasteiger partial charge in [-0.1, -0.05) is 18.2 Å². The fourth-order valence-corrected chi connectivity index (χ4v) is 1.98. The van der Waals surface area contributed by atoms with Gasteiger partial charge in [-0.25, -0.2) is 9.18 Å². The van der Waals surface area contributed by atoms with E-state index in [1.54, 1.807) is 26.2 Å². The van der Waals surface area contributed by atoms with Crippen LogP contribution in [0.3, 0.4) is 0 Å². The van der Waals surface area contributed by atoms with E-state index >= 15 is 0 Å². The average Bonchev–Trinajstić information content (AvgIpc) is 2.54. The van der Waals surface area contributed by atoms with E-state index in [0.717, 1.165) is 16.9 Å². The van der Waals surface area contributed by atoms with Gasteiger partial charge in [0.2, 0.25) is 0 Å². The molecule has 3 nitrogen and oxygen atoms in total. The Hall–Kier alpha value is -2.62. The summed E-state index contributed by atoms with van der Waals surface area (Å²) in [4.78, 5) is 11.3. The number of hydrogen-bond donors (Lipinski definition) is 0. The van der Waals surface area contributed by atoms with E-state index in [0.29, 0.717) is 5.56 Å². The van der Waals surface area contributed by atoms with Gasteiger partial charge >= 0.3 is 5.97 Å². The molecule has 0 N–H and O–H groups in total. The molecule has 4 heteroatoms. The minimum absolute atomic E-state index is 0.289. The first-order valence-electron chi connectivity index (χ1n) is 6.93. The standard InChI is InChI=1S/C18H17FO3/c1-3-22-18(20)11-7-15-12-14(6-10-17(15)19)13-4-8-16(21-2)9-5-13/h4-12H,3H2,1-2H3/b11-7+. The molecule has 0 aliphatic heterocycles. The SMILES string of the molecule is CCOC(=O)/C=C/c1cc(-c2ccc(OC)cc2)ccc1F. The Morgan fingerprint density at radius 3 is 2.45 bits per heavy atom. The van der Waals surface area contributed by atoms with Crippen molar-refractivity contribution in [3.05, 3.63) is 59.9 Å². The molecular formula is C18H17FO3. The van der Waals surface area contributed by atoms with Crippen molar-refractivity contribution in [2.75, 3.05) is 13.7 Å². The van der Waals surface area contributed by atoms with Crippen LogP contribution < -0.4 is 4.74 Å². The third-order valence-corrected chi connectivity index (χ3v) is 3.10. The largest absolute Gasteiger partial charge is 0.497 e. The molecule has 2 rings (SSSR count). The number of ether oxygens (including phenoxy) is 2. The molecule has 0 aromatic heterocycles. The van der Waals surface area contributed by atoms with Gasteiger partial charge in [0.25, 0.3) is 0 Å². The van der Waals surface area contributed by atoms with Crippen molar-refractivity contribution >= 4 is 12.0 Å². The molecule has 0 aliphatic rings. The monoisotopic (exact) mass is 300 g/mol. The first kappa shape index (κ1) is 15.8. The summed E-state index contributed by atoms with van der Waals surface area (Å²) in [6.45, 7) is 2.01. The molecule has 0 amide bonds. The number of esters is 1. The highest BCUT2D eigenvalue weighted by atomic mass is 19.1. The molecule has 0 atom stereocenters. The van der Waals surface area contributed by atoms with Gasteiger partial charge in [-0.05, 0) is 48.4 Å². The molecule has 114 valence electrons. The minimum Gasteiger partial charge on any atom is -0.497 e. The van der Waals surface area contributed by atoms with Crippen molar-refractivity contribution in [2.24, 2.45) is 0 Å². The molecule has 0 unspecified atom stereocenters. The smallest absolute Gasteiger partial charge is 0.330 e. The maximum Gasteiger partial charge on any atom is 0.330 e. The lowest BCUT2D eigenvalue weighted by Gasteiger charge is -2.06. The van der Waals surface area contributed by atoms with Gasteiger partial charge in [0, 0.05) is 11.6 Å². The lowest BCUT2D eigenvalue weighted by atomic mass is 10.0. The summed E-state index contributed by atoms with van der Waals surface area (Å²) in [7, 11) is 1.60. The van der Waals surface area contributed by atoms with E-state index < -0.39 is 11.8 Å². The number of carbonyl (C=O) groups excluding carboxylic acids is 1. The number of carbonyl (C=O) groups is 1. The fraction of sp³-hybridized carbons (Fsp3) is 0.167. The highest BCUT2D eigenvalue weighted by Crippen LogP contribution is 2.25. The van der Waals surface area contributed by atoms with Crippen molar-refractivity contribution < 1.29 is 18.7 Å². The molecule has 2 aromatic rings. The number of benzene rings is 2. The van der Waals surface area contributed by atoms with Gasteiger partial charge in [-0.2, -0.15) is 0 Å². The third kappa shape index (κ3) is 3.95. The van der Waals surface area contributed by atoms with Crippen LogP contribution in [-0.2, 0) is 9.53 Å². The van der Waals surface area contributed by atoms with Gasteiger partial charge in [-0.3, -0.25) is 0 Å². The zero-order valence-electron chi connectivity index (χ0n) is 12.5. The van der Waals surface area contributed by atoms with Gasteiger partial charge in [-0.15, -0.1) is 0 Å². The number of hydrogen-bond acceptors (Lipinski definition) is 3. The Bertz CT molecular complexity index is 675. The summed E-state index contributed by atoms with van der Waals surface area (Å²) in [5.74, 6) is -0.122. The second-order valence-corrected chi connectivity index (χ2v) is 4.55. The number of halogens is 1. The third-order valence-electron chi connectivity index (χ3n) is 3.10. The van der Waals surface area contributed by atoms with E-state index in [4.69, 9.17) is 9.47 Å². The topological polar surface area (TPSA) is 35.5 Å². The summed E-state index contributed by atoms with van der Waals surface area (Å²) in [5, 5.41) is 0.